The standard InChI is InChI=1S/C22H21N9/c23-6-1-19(15-4-9-31(12-15)20(2-7-24)18(26)11-25)30-10-5-16(13-30)21-17-3-8-27-22(17)29-14-28-21/h2-3,5,7-8,10,13-15,19,24,26H,1,4,9,12H2,(H,27,28,29). The van der Waals surface area contributed by atoms with E-state index >= 15 is 0 Å². The number of hydrogen-bond acceptors (Lipinski definition) is 7. The van der Waals surface area contributed by atoms with Gasteiger partial charge in [-0.25, -0.2) is 9.97 Å². The first kappa shape index (κ1) is 20.0. The lowest BCUT2D eigenvalue weighted by molar-refractivity contribution is 0.328. The van der Waals surface area contributed by atoms with Crippen molar-refractivity contribution in [3.63, 3.8) is 0 Å². The molecule has 31 heavy (non-hydrogen) atoms. The Morgan fingerprint density at radius 1 is 1.35 bits per heavy atom. The van der Waals surface area contributed by atoms with Gasteiger partial charge < -0.3 is 19.9 Å². The molecule has 1 fully saturated rings. The van der Waals surface area contributed by atoms with Gasteiger partial charge in [0.1, 0.15) is 18.0 Å². The van der Waals surface area contributed by atoms with Crippen LogP contribution < -0.4 is 0 Å². The highest BCUT2D eigenvalue weighted by Crippen LogP contribution is 2.34. The Morgan fingerprint density at radius 3 is 3.00 bits per heavy atom. The average Bonchev–Trinajstić information content (AvgIpc) is 3.55. The number of allylic oxidation sites excluding steroid dienone is 2. The molecular formula is C22H21N9. The minimum atomic E-state index is -0.150. The van der Waals surface area contributed by atoms with Gasteiger partial charge in [0, 0.05) is 48.8 Å². The van der Waals surface area contributed by atoms with Crippen LogP contribution in [0.5, 0.6) is 0 Å². The Labute approximate surface area is 179 Å². The normalized spacial score (nSPS) is 17.3. The quantitative estimate of drug-likeness (QED) is 0.511. The molecule has 0 radical (unpaired) electrons. The van der Waals surface area contributed by atoms with Gasteiger partial charge in [0.2, 0.25) is 0 Å². The number of aromatic nitrogens is 4. The molecule has 0 aromatic carbocycles. The summed E-state index contributed by atoms with van der Waals surface area (Å²) in [6.45, 7) is 1.31. The van der Waals surface area contributed by atoms with Crippen molar-refractivity contribution < 1.29 is 0 Å². The Balaban J connectivity index is 1.60. The lowest BCUT2D eigenvalue weighted by atomic mass is 9.96. The van der Waals surface area contributed by atoms with Crippen LogP contribution in [-0.4, -0.2) is 49.4 Å². The van der Waals surface area contributed by atoms with E-state index in [1.54, 1.807) is 0 Å². The summed E-state index contributed by atoms with van der Waals surface area (Å²) in [5.74, 6) is 0.179. The zero-order chi connectivity index (χ0) is 21.8. The van der Waals surface area contributed by atoms with Crippen LogP contribution in [0.2, 0.25) is 0 Å². The maximum atomic E-state index is 9.46. The maximum Gasteiger partial charge on any atom is 0.155 e. The molecular weight excluding hydrogens is 390 g/mol. The van der Waals surface area contributed by atoms with Gasteiger partial charge in [0.25, 0.3) is 0 Å². The molecule has 0 amide bonds. The summed E-state index contributed by atoms with van der Waals surface area (Å²) in [4.78, 5) is 13.7. The molecule has 9 heteroatoms. The van der Waals surface area contributed by atoms with Crippen LogP contribution in [0.25, 0.3) is 22.3 Å². The molecule has 1 aliphatic rings. The van der Waals surface area contributed by atoms with Gasteiger partial charge in [0.15, 0.2) is 5.71 Å². The van der Waals surface area contributed by atoms with Gasteiger partial charge in [-0.05, 0) is 30.5 Å². The smallest absolute Gasteiger partial charge is 0.155 e. The number of nitrogens with one attached hydrogen (secondary N) is 3. The molecule has 3 aromatic heterocycles. The van der Waals surface area contributed by atoms with Gasteiger partial charge >= 0.3 is 0 Å². The van der Waals surface area contributed by atoms with Crippen LogP contribution in [-0.2, 0) is 0 Å². The number of rotatable bonds is 7. The topological polar surface area (TPSA) is 145 Å². The summed E-state index contributed by atoms with van der Waals surface area (Å²) in [6, 6.07) is 8.07. The first-order valence-corrected chi connectivity index (χ1v) is 9.94. The molecule has 4 rings (SSSR count). The van der Waals surface area contributed by atoms with E-state index in [4.69, 9.17) is 16.1 Å². The third kappa shape index (κ3) is 3.81. The fourth-order valence-corrected chi connectivity index (χ4v) is 4.27. The second-order valence-corrected chi connectivity index (χ2v) is 7.44. The molecule has 0 saturated carbocycles. The number of hydrogen-bond donors (Lipinski definition) is 3. The van der Waals surface area contributed by atoms with E-state index in [2.05, 4.69) is 25.6 Å². The van der Waals surface area contributed by atoms with E-state index in [0.717, 1.165) is 34.9 Å². The molecule has 0 aliphatic carbocycles. The van der Waals surface area contributed by atoms with Crippen molar-refractivity contribution in [2.45, 2.75) is 18.9 Å². The van der Waals surface area contributed by atoms with Crippen molar-refractivity contribution in [3.8, 4) is 23.4 Å². The Hall–Kier alpha value is -4.24. The zero-order valence-electron chi connectivity index (χ0n) is 16.8. The molecule has 4 heterocycles. The van der Waals surface area contributed by atoms with Crippen molar-refractivity contribution >= 4 is 23.0 Å². The minimum absolute atomic E-state index is 0.0372. The number of likely N-dealkylation sites (tertiary alicyclic amines) is 1. The minimum Gasteiger partial charge on any atom is -0.369 e. The molecule has 0 bridgehead atoms. The van der Waals surface area contributed by atoms with Crippen molar-refractivity contribution in [1.29, 1.82) is 21.3 Å². The van der Waals surface area contributed by atoms with Crippen molar-refractivity contribution in [1.82, 2.24) is 24.4 Å². The van der Waals surface area contributed by atoms with E-state index in [1.165, 1.54) is 12.4 Å². The molecule has 3 aromatic rings. The summed E-state index contributed by atoms with van der Waals surface area (Å²) >= 11 is 0. The number of H-pyrrole nitrogens is 1. The summed E-state index contributed by atoms with van der Waals surface area (Å²) < 4.78 is 2.07. The predicted molar refractivity (Wildman–Crippen MR) is 116 cm³/mol. The van der Waals surface area contributed by atoms with Crippen LogP contribution >= 0.6 is 0 Å². The van der Waals surface area contributed by atoms with Gasteiger partial charge in [-0.15, -0.1) is 0 Å². The van der Waals surface area contributed by atoms with E-state index in [-0.39, 0.29) is 17.7 Å². The monoisotopic (exact) mass is 411 g/mol. The number of nitrogens with zero attached hydrogens (tertiary/aromatic N) is 6. The van der Waals surface area contributed by atoms with Crippen LogP contribution in [0.3, 0.4) is 0 Å². The number of nitriles is 2. The highest BCUT2D eigenvalue weighted by molar-refractivity contribution is 6.10. The lowest BCUT2D eigenvalue weighted by Crippen LogP contribution is -2.27. The third-order valence-electron chi connectivity index (χ3n) is 5.74. The van der Waals surface area contributed by atoms with Crippen molar-refractivity contribution in [2.24, 2.45) is 5.92 Å². The molecule has 2 unspecified atom stereocenters. The van der Waals surface area contributed by atoms with Gasteiger partial charge in [-0.2, -0.15) is 10.5 Å². The fraction of sp³-hybridized carbons (Fsp3) is 0.273. The predicted octanol–water partition coefficient (Wildman–Crippen LogP) is 3.28. The average molecular weight is 411 g/mol. The van der Waals surface area contributed by atoms with Crippen molar-refractivity contribution in [3.05, 3.63) is 48.8 Å². The van der Waals surface area contributed by atoms with Crippen LogP contribution in [0.4, 0.5) is 0 Å². The Bertz CT molecular complexity index is 1230. The van der Waals surface area contributed by atoms with E-state index in [9.17, 15) is 5.26 Å². The van der Waals surface area contributed by atoms with Crippen molar-refractivity contribution in [2.75, 3.05) is 13.1 Å². The highest BCUT2D eigenvalue weighted by Gasteiger charge is 2.32. The molecule has 154 valence electrons. The first-order chi connectivity index (χ1) is 15.2. The van der Waals surface area contributed by atoms with Crippen LogP contribution in [0, 0.1) is 39.4 Å². The van der Waals surface area contributed by atoms with Gasteiger partial charge in [0.05, 0.1) is 29.9 Å². The summed E-state index contributed by atoms with van der Waals surface area (Å²) in [5, 5.41) is 34.8. The summed E-state index contributed by atoms with van der Waals surface area (Å²) in [7, 11) is 0. The summed E-state index contributed by atoms with van der Waals surface area (Å²) in [5.41, 5.74) is 2.89. The lowest BCUT2D eigenvalue weighted by Gasteiger charge is -2.25. The van der Waals surface area contributed by atoms with E-state index in [1.807, 2.05) is 41.7 Å². The first-order valence-electron chi connectivity index (χ1n) is 9.94. The van der Waals surface area contributed by atoms with E-state index < -0.39 is 0 Å². The van der Waals surface area contributed by atoms with Crippen LogP contribution in [0.15, 0.2) is 48.8 Å². The third-order valence-corrected chi connectivity index (χ3v) is 5.74. The highest BCUT2D eigenvalue weighted by atomic mass is 15.2. The molecule has 9 nitrogen and oxygen atoms in total. The molecule has 1 aliphatic heterocycles. The largest absolute Gasteiger partial charge is 0.369 e. The second-order valence-electron chi connectivity index (χ2n) is 7.44. The molecule has 2 atom stereocenters. The summed E-state index contributed by atoms with van der Waals surface area (Å²) in [6.07, 6.45) is 11.1. The molecule has 0 spiro atoms. The Morgan fingerprint density at radius 2 is 2.23 bits per heavy atom. The van der Waals surface area contributed by atoms with Gasteiger partial charge in [-0.1, -0.05) is 0 Å². The molecule has 1 saturated heterocycles. The molecule has 3 N–H and O–H groups in total. The Kier molecular flexibility index (Phi) is 5.59. The number of fused-ring (bicyclic) bond motifs is 1. The van der Waals surface area contributed by atoms with Crippen LogP contribution in [0.1, 0.15) is 18.9 Å². The number of aromatic amines is 1. The van der Waals surface area contributed by atoms with Gasteiger partial charge in [-0.3, -0.25) is 5.41 Å². The maximum absolute atomic E-state index is 9.46. The fourth-order valence-electron chi connectivity index (χ4n) is 4.27. The zero-order valence-corrected chi connectivity index (χ0v) is 16.8. The van der Waals surface area contributed by atoms with E-state index in [0.29, 0.717) is 25.2 Å². The SMILES string of the molecule is N#CCC(C1CCN(C(=CC=N)C(=N)C#N)C1)n1ccc(-c2ncnc3[nH]ccc23)c1. The second kappa shape index (κ2) is 8.64.